The Kier molecular flexibility index (Phi) is 7.37. The lowest BCUT2D eigenvalue weighted by Crippen LogP contribution is -2.61. The van der Waals surface area contributed by atoms with Crippen molar-refractivity contribution in [3.05, 3.63) is 30.1 Å². The van der Waals surface area contributed by atoms with Crippen LogP contribution in [0.2, 0.25) is 0 Å². The number of amides is 2. The number of nitrogens with one attached hydrogen (secondary N) is 1. The largest absolute Gasteiger partial charge is 0.333 e. The summed E-state index contributed by atoms with van der Waals surface area (Å²) in [5.74, 6) is -0.000777. The molecule has 1 aromatic rings. The van der Waals surface area contributed by atoms with E-state index in [1.54, 1.807) is 24.4 Å². The number of pyridine rings is 1. The number of rotatable bonds is 5. The lowest BCUT2D eigenvalue weighted by atomic mass is 9.84. The van der Waals surface area contributed by atoms with Crippen molar-refractivity contribution in [3.63, 3.8) is 0 Å². The molecule has 0 aromatic carbocycles. The molecule has 1 aromatic heterocycles. The Morgan fingerprint density at radius 2 is 1.97 bits per heavy atom. The van der Waals surface area contributed by atoms with E-state index in [0.29, 0.717) is 44.5 Å². The molecule has 3 unspecified atom stereocenters. The molecule has 2 fully saturated rings. The fraction of sp³-hybridized carbons (Fsp3) is 0.650. The fourth-order valence-electron chi connectivity index (χ4n) is 4.54. The first-order chi connectivity index (χ1) is 13.9. The summed E-state index contributed by atoms with van der Waals surface area (Å²) < 4.78 is 22.6. The molecular weight excluding hydrogens is 392 g/mol. The van der Waals surface area contributed by atoms with Crippen LogP contribution in [-0.4, -0.2) is 66.6 Å². The van der Waals surface area contributed by atoms with E-state index < -0.39 is 11.3 Å². The van der Waals surface area contributed by atoms with Crippen molar-refractivity contribution in [1.29, 1.82) is 0 Å². The smallest absolute Gasteiger partial charge is 0.272 e. The molecule has 2 amide bonds. The SMILES string of the molecule is CCC1CN(C(=O)c2ccccn2)CC(C)N1C(=O)C1CCC(NS(=O)O)CC1. The molecule has 9 heteroatoms. The first kappa shape index (κ1) is 21.9. The van der Waals surface area contributed by atoms with Gasteiger partial charge in [-0.15, -0.1) is 0 Å². The Morgan fingerprint density at radius 3 is 2.55 bits per heavy atom. The molecule has 3 atom stereocenters. The highest BCUT2D eigenvalue weighted by Crippen LogP contribution is 2.30. The molecule has 160 valence electrons. The van der Waals surface area contributed by atoms with Crippen molar-refractivity contribution in [2.24, 2.45) is 5.92 Å². The highest BCUT2D eigenvalue weighted by Gasteiger charge is 2.40. The monoisotopic (exact) mass is 422 g/mol. The van der Waals surface area contributed by atoms with Crippen LogP contribution in [0, 0.1) is 5.92 Å². The van der Waals surface area contributed by atoms with Gasteiger partial charge in [-0.1, -0.05) is 13.0 Å². The number of piperazine rings is 1. The van der Waals surface area contributed by atoms with Crippen LogP contribution in [-0.2, 0) is 16.1 Å². The third-order valence-corrected chi connectivity index (χ3v) is 6.56. The molecule has 2 N–H and O–H groups in total. The normalized spacial score (nSPS) is 28.8. The summed E-state index contributed by atoms with van der Waals surface area (Å²) in [4.78, 5) is 34.1. The van der Waals surface area contributed by atoms with E-state index in [9.17, 15) is 13.8 Å². The highest BCUT2D eigenvalue weighted by molar-refractivity contribution is 7.77. The second-order valence-electron chi connectivity index (χ2n) is 8.00. The van der Waals surface area contributed by atoms with E-state index >= 15 is 0 Å². The van der Waals surface area contributed by atoms with Gasteiger partial charge in [0.1, 0.15) is 5.69 Å². The minimum atomic E-state index is -2.01. The minimum Gasteiger partial charge on any atom is -0.333 e. The molecule has 1 saturated carbocycles. The topological polar surface area (TPSA) is 103 Å². The van der Waals surface area contributed by atoms with Crippen LogP contribution in [0.5, 0.6) is 0 Å². The Labute approximate surface area is 174 Å². The average Bonchev–Trinajstić information content (AvgIpc) is 2.73. The summed E-state index contributed by atoms with van der Waals surface area (Å²) in [5, 5.41) is 0. The highest BCUT2D eigenvalue weighted by atomic mass is 32.2. The van der Waals surface area contributed by atoms with Crippen molar-refractivity contribution in [2.75, 3.05) is 13.1 Å². The molecule has 8 nitrogen and oxygen atoms in total. The van der Waals surface area contributed by atoms with Gasteiger partial charge in [-0.3, -0.25) is 19.1 Å². The number of carbonyl (C=O) groups is 2. The van der Waals surface area contributed by atoms with Gasteiger partial charge in [-0.05, 0) is 51.2 Å². The lowest BCUT2D eigenvalue weighted by molar-refractivity contribution is -0.144. The van der Waals surface area contributed by atoms with Crippen molar-refractivity contribution in [3.8, 4) is 0 Å². The van der Waals surface area contributed by atoms with Gasteiger partial charge in [0, 0.05) is 43.3 Å². The number of hydrogen-bond donors (Lipinski definition) is 2. The molecule has 0 spiro atoms. The van der Waals surface area contributed by atoms with Crippen LogP contribution in [0.1, 0.15) is 56.4 Å². The third kappa shape index (κ3) is 5.21. The van der Waals surface area contributed by atoms with Crippen LogP contribution in [0.15, 0.2) is 24.4 Å². The van der Waals surface area contributed by atoms with E-state index in [4.69, 9.17) is 4.55 Å². The van der Waals surface area contributed by atoms with E-state index in [1.165, 1.54) is 0 Å². The van der Waals surface area contributed by atoms with Crippen molar-refractivity contribution >= 4 is 23.1 Å². The maximum Gasteiger partial charge on any atom is 0.272 e. The Bertz CT molecular complexity index is 739. The van der Waals surface area contributed by atoms with Gasteiger partial charge in [0.15, 0.2) is 0 Å². The molecule has 1 aliphatic heterocycles. The Morgan fingerprint density at radius 1 is 1.24 bits per heavy atom. The van der Waals surface area contributed by atoms with Crippen molar-refractivity contribution in [2.45, 2.75) is 64.1 Å². The number of carbonyl (C=O) groups excluding carboxylic acids is 2. The fourth-order valence-corrected chi connectivity index (χ4v) is 5.06. The number of aromatic nitrogens is 1. The van der Waals surface area contributed by atoms with Crippen LogP contribution >= 0.6 is 0 Å². The third-order valence-electron chi connectivity index (χ3n) is 6.02. The summed E-state index contributed by atoms with van der Waals surface area (Å²) in [6, 6.07) is 5.22. The summed E-state index contributed by atoms with van der Waals surface area (Å²) in [6.45, 7) is 5.06. The molecule has 0 radical (unpaired) electrons. The predicted octanol–water partition coefficient (Wildman–Crippen LogP) is 1.82. The maximum absolute atomic E-state index is 13.3. The van der Waals surface area contributed by atoms with Gasteiger partial charge in [-0.2, -0.15) is 0 Å². The van der Waals surface area contributed by atoms with E-state index in [1.807, 2.05) is 23.6 Å². The van der Waals surface area contributed by atoms with Crippen LogP contribution < -0.4 is 4.72 Å². The minimum absolute atomic E-state index is 0.0142. The molecule has 2 heterocycles. The van der Waals surface area contributed by atoms with Crippen LogP contribution in [0.4, 0.5) is 0 Å². The summed E-state index contributed by atoms with van der Waals surface area (Å²) in [7, 11) is 0. The first-order valence-corrected chi connectivity index (χ1v) is 11.4. The molecule has 2 aliphatic rings. The molecule has 0 bridgehead atoms. The summed E-state index contributed by atoms with van der Waals surface area (Å²) >= 11 is -2.01. The quantitative estimate of drug-likeness (QED) is 0.705. The first-order valence-electron chi connectivity index (χ1n) is 10.3. The number of nitrogens with zero attached hydrogens (tertiary/aromatic N) is 3. The summed E-state index contributed by atoms with van der Waals surface area (Å²) in [5.41, 5.74) is 0.432. The zero-order valence-electron chi connectivity index (χ0n) is 17.0. The van der Waals surface area contributed by atoms with Crippen LogP contribution in [0.3, 0.4) is 0 Å². The van der Waals surface area contributed by atoms with Crippen molar-refractivity contribution in [1.82, 2.24) is 19.5 Å². The van der Waals surface area contributed by atoms with Gasteiger partial charge < -0.3 is 9.80 Å². The number of hydrogen-bond acceptors (Lipinski definition) is 4. The lowest BCUT2D eigenvalue weighted by Gasteiger charge is -2.47. The van der Waals surface area contributed by atoms with E-state index in [2.05, 4.69) is 9.71 Å². The zero-order chi connectivity index (χ0) is 21.0. The van der Waals surface area contributed by atoms with E-state index in [-0.39, 0.29) is 35.9 Å². The molecule has 1 aliphatic carbocycles. The molecule has 3 rings (SSSR count). The molecule has 29 heavy (non-hydrogen) atoms. The Balaban J connectivity index is 1.64. The van der Waals surface area contributed by atoms with Gasteiger partial charge in [0.2, 0.25) is 17.2 Å². The van der Waals surface area contributed by atoms with Crippen molar-refractivity contribution < 1.29 is 18.4 Å². The average molecular weight is 423 g/mol. The Hall–Kier alpha value is -1.84. The van der Waals surface area contributed by atoms with Gasteiger partial charge in [0.25, 0.3) is 5.91 Å². The molecular formula is C20H30N4O4S. The predicted molar refractivity (Wildman–Crippen MR) is 110 cm³/mol. The standard InChI is InChI=1S/C20H30N4O4S/c1-3-17-13-23(20(26)18-6-4-5-11-21-18)12-14(2)24(17)19(25)15-7-9-16(10-8-15)22-29(27)28/h4-6,11,14-17,22H,3,7-10,12-13H2,1-2H3,(H,27,28). The second kappa shape index (κ2) is 9.77. The maximum atomic E-state index is 13.3. The van der Waals surface area contributed by atoms with Crippen LogP contribution in [0.25, 0.3) is 0 Å². The zero-order valence-corrected chi connectivity index (χ0v) is 17.8. The van der Waals surface area contributed by atoms with Gasteiger partial charge >= 0.3 is 0 Å². The second-order valence-corrected chi connectivity index (χ2v) is 8.73. The van der Waals surface area contributed by atoms with Gasteiger partial charge in [0.05, 0.1) is 0 Å². The van der Waals surface area contributed by atoms with Gasteiger partial charge in [-0.25, -0.2) is 8.93 Å². The van der Waals surface area contributed by atoms with E-state index in [0.717, 1.165) is 6.42 Å². The molecule has 1 saturated heterocycles. The summed E-state index contributed by atoms with van der Waals surface area (Å²) in [6.07, 6.45) is 5.25.